The molecule has 1 heterocycles. The molecule has 21 heavy (non-hydrogen) atoms. The minimum atomic E-state index is 0.325. The van der Waals surface area contributed by atoms with Gasteiger partial charge in [0.1, 0.15) is 5.75 Å². The van der Waals surface area contributed by atoms with Crippen LogP contribution in [-0.2, 0) is 13.2 Å². The first kappa shape index (κ1) is 14.1. The van der Waals surface area contributed by atoms with Crippen LogP contribution in [0.3, 0.4) is 0 Å². The van der Waals surface area contributed by atoms with Crippen LogP contribution in [0.2, 0.25) is 0 Å². The molecule has 1 aliphatic carbocycles. The number of hydrogen-bond acceptors (Lipinski definition) is 5. The summed E-state index contributed by atoms with van der Waals surface area (Å²) < 4.78 is 10.9. The molecule has 112 valence electrons. The molecule has 1 fully saturated rings. The van der Waals surface area contributed by atoms with Crippen LogP contribution in [0.1, 0.15) is 49.4 Å². The van der Waals surface area contributed by atoms with Crippen LogP contribution in [0.4, 0.5) is 0 Å². The molecule has 0 radical (unpaired) electrons. The molecule has 3 rings (SSSR count). The Balaban J connectivity index is 1.52. The van der Waals surface area contributed by atoms with Gasteiger partial charge in [-0.15, -0.1) is 0 Å². The van der Waals surface area contributed by atoms with E-state index in [9.17, 15) is 0 Å². The van der Waals surface area contributed by atoms with Gasteiger partial charge in [-0.1, -0.05) is 24.2 Å². The number of benzene rings is 1. The van der Waals surface area contributed by atoms with Crippen molar-refractivity contribution >= 4 is 0 Å². The van der Waals surface area contributed by atoms with Gasteiger partial charge in [0, 0.05) is 12.5 Å². The molecule has 0 amide bonds. The van der Waals surface area contributed by atoms with E-state index in [2.05, 4.69) is 28.4 Å². The second-order valence-corrected chi connectivity index (χ2v) is 5.43. The number of nitrogens with zero attached hydrogens (tertiary/aromatic N) is 2. The second-order valence-electron chi connectivity index (χ2n) is 5.43. The van der Waals surface area contributed by atoms with Crippen LogP contribution in [0, 0.1) is 0 Å². The first-order chi connectivity index (χ1) is 10.3. The quantitative estimate of drug-likeness (QED) is 0.756. The smallest absolute Gasteiger partial charge is 0.264 e. The van der Waals surface area contributed by atoms with Crippen LogP contribution in [0.15, 0.2) is 28.8 Å². The summed E-state index contributed by atoms with van der Waals surface area (Å²) in [6.45, 7) is 4.37. The summed E-state index contributed by atoms with van der Waals surface area (Å²) in [6.07, 6.45) is 3.48. The number of hydrogen-bond donors (Lipinski definition) is 1. The third-order valence-electron chi connectivity index (χ3n) is 3.44. The van der Waals surface area contributed by atoms with Crippen molar-refractivity contribution in [2.75, 3.05) is 6.54 Å². The van der Waals surface area contributed by atoms with E-state index in [1.54, 1.807) is 0 Å². The molecule has 2 aromatic rings. The van der Waals surface area contributed by atoms with Crippen molar-refractivity contribution in [2.45, 2.75) is 45.3 Å². The standard InChI is InChI=1S/C16H21N3O2/c1-2-8-17-10-12-4-3-5-14(9-12)20-11-15-18-16(19-21-15)13-6-7-13/h3-5,9,13,17H,2,6-8,10-11H2,1H3. The normalized spacial score (nSPS) is 14.3. The maximum Gasteiger partial charge on any atom is 0.264 e. The van der Waals surface area contributed by atoms with Crippen LogP contribution in [0.25, 0.3) is 0 Å². The molecular formula is C16H21N3O2. The van der Waals surface area contributed by atoms with E-state index in [1.807, 2.05) is 18.2 Å². The van der Waals surface area contributed by atoms with Gasteiger partial charge in [0.05, 0.1) is 0 Å². The predicted octanol–water partition coefficient (Wildman–Crippen LogP) is 3.03. The Morgan fingerprint density at radius 3 is 3.10 bits per heavy atom. The highest BCUT2D eigenvalue weighted by Gasteiger charge is 2.28. The van der Waals surface area contributed by atoms with E-state index in [0.29, 0.717) is 18.4 Å². The number of rotatable bonds is 8. The molecule has 0 atom stereocenters. The Kier molecular flexibility index (Phi) is 4.50. The molecule has 0 bridgehead atoms. The molecule has 0 unspecified atom stereocenters. The number of nitrogens with one attached hydrogen (secondary N) is 1. The zero-order chi connectivity index (χ0) is 14.5. The number of ether oxygens (including phenoxy) is 1. The predicted molar refractivity (Wildman–Crippen MR) is 79.0 cm³/mol. The molecule has 1 saturated carbocycles. The van der Waals surface area contributed by atoms with Gasteiger partial charge in [-0.25, -0.2) is 0 Å². The lowest BCUT2D eigenvalue weighted by atomic mass is 10.2. The van der Waals surface area contributed by atoms with Gasteiger partial charge < -0.3 is 14.6 Å². The van der Waals surface area contributed by atoms with Gasteiger partial charge in [0.15, 0.2) is 12.4 Å². The Labute approximate surface area is 124 Å². The minimum absolute atomic E-state index is 0.325. The summed E-state index contributed by atoms with van der Waals surface area (Å²) in [5.41, 5.74) is 1.21. The zero-order valence-corrected chi connectivity index (χ0v) is 12.3. The molecule has 1 aromatic heterocycles. The molecule has 0 spiro atoms. The van der Waals surface area contributed by atoms with E-state index in [4.69, 9.17) is 9.26 Å². The highest BCUT2D eigenvalue weighted by atomic mass is 16.5. The first-order valence-electron chi connectivity index (χ1n) is 7.60. The van der Waals surface area contributed by atoms with Crippen LogP contribution >= 0.6 is 0 Å². The zero-order valence-electron chi connectivity index (χ0n) is 12.3. The third kappa shape index (κ3) is 4.04. The monoisotopic (exact) mass is 287 g/mol. The van der Waals surface area contributed by atoms with Crippen LogP contribution in [0.5, 0.6) is 5.75 Å². The lowest BCUT2D eigenvalue weighted by Crippen LogP contribution is -2.13. The molecule has 1 N–H and O–H groups in total. The summed E-state index contributed by atoms with van der Waals surface area (Å²) in [5.74, 6) is 2.71. The lowest BCUT2D eigenvalue weighted by molar-refractivity contribution is 0.242. The Morgan fingerprint density at radius 1 is 1.38 bits per heavy atom. The summed E-state index contributed by atoms with van der Waals surface area (Å²) in [5, 5.41) is 7.36. The fourth-order valence-corrected chi connectivity index (χ4v) is 2.13. The van der Waals surface area contributed by atoms with Gasteiger partial charge in [-0.2, -0.15) is 4.98 Å². The first-order valence-corrected chi connectivity index (χ1v) is 7.60. The maximum absolute atomic E-state index is 5.73. The van der Waals surface area contributed by atoms with Crippen molar-refractivity contribution in [1.82, 2.24) is 15.5 Å². The van der Waals surface area contributed by atoms with Crippen molar-refractivity contribution < 1.29 is 9.26 Å². The van der Waals surface area contributed by atoms with Gasteiger partial charge in [0.25, 0.3) is 5.89 Å². The molecule has 0 saturated heterocycles. The van der Waals surface area contributed by atoms with E-state index in [0.717, 1.165) is 31.1 Å². The van der Waals surface area contributed by atoms with Gasteiger partial charge in [-0.3, -0.25) is 0 Å². The average molecular weight is 287 g/mol. The lowest BCUT2D eigenvalue weighted by Gasteiger charge is -2.07. The van der Waals surface area contributed by atoms with Crippen molar-refractivity contribution in [3.05, 3.63) is 41.5 Å². The van der Waals surface area contributed by atoms with Crippen LogP contribution in [-0.4, -0.2) is 16.7 Å². The SMILES string of the molecule is CCCNCc1cccc(OCc2nc(C3CC3)no2)c1. The van der Waals surface area contributed by atoms with Gasteiger partial charge >= 0.3 is 0 Å². The minimum Gasteiger partial charge on any atom is -0.484 e. The molecule has 1 aliphatic rings. The summed E-state index contributed by atoms with van der Waals surface area (Å²) in [6, 6.07) is 8.08. The molecule has 0 aliphatic heterocycles. The summed E-state index contributed by atoms with van der Waals surface area (Å²) in [7, 11) is 0. The van der Waals surface area contributed by atoms with Crippen molar-refractivity contribution in [2.24, 2.45) is 0 Å². The van der Waals surface area contributed by atoms with E-state index in [-0.39, 0.29) is 0 Å². The molecule has 5 heteroatoms. The molecule has 5 nitrogen and oxygen atoms in total. The molecule has 1 aromatic carbocycles. The highest BCUT2D eigenvalue weighted by Crippen LogP contribution is 2.38. The molecular weight excluding hydrogens is 266 g/mol. The second kappa shape index (κ2) is 6.72. The van der Waals surface area contributed by atoms with E-state index >= 15 is 0 Å². The number of aromatic nitrogens is 2. The topological polar surface area (TPSA) is 60.2 Å². The van der Waals surface area contributed by atoms with Crippen molar-refractivity contribution in [3.8, 4) is 5.75 Å². The Hall–Kier alpha value is -1.88. The average Bonchev–Trinajstić information content (AvgIpc) is 3.25. The highest BCUT2D eigenvalue weighted by molar-refractivity contribution is 5.28. The van der Waals surface area contributed by atoms with Crippen LogP contribution < -0.4 is 10.1 Å². The van der Waals surface area contributed by atoms with E-state index in [1.165, 1.54) is 18.4 Å². The Morgan fingerprint density at radius 2 is 2.29 bits per heavy atom. The Bertz CT molecular complexity index is 578. The maximum atomic E-state index is 5.73. The fourth-order valence-electron chi connectivity index (χ4n) is 2.13. The van der Waals surface area contributed by atoms with Gasteiger partial charge in [0.2, 0.25) is 0 Å². The van der Waals surface area contributed by atoms with Gasteiger partial charge in [-0.05, 0) is 43.5 Å². The summed E-state index contributed by atoms with van der Waals surface area (Å²) >= 11 is 0. The van der Waals surface area contributed by atoms with E-state index < -0.39 is 0 Å². The van der Waals surface area contributed by atoms with Crippen molar-refractivity contribution in [3.63, 3.8) is 0 Å². The van der Waals surface area contributed by atoms with Crippen molar-refractivity contribution in [1.29, 1.82) is 0 Å². The summed E-state index contributed by atoms with van der Waals surface area (Å²) in [4.78, 5) is 4.36. The largest absolute Gasteiger partial charge is 0.484 e. The fraction of sp³-hybridized carbons (Fsp3) is 0.500. The third-order valence-corrected chi connectivity index (χ3v) is 3.44.